The monoisotopic (exact) mass is 563 g/mol. The zero-order chi connectivity index (χ0) is 26.8. The Morgan fingerprint density at radius 3 is 2.44 bits per heavy atom. The minimum Gasteiger partial charge on any atom is -0.494 e. The van der Waals surface area contributed by atoms with Crippen molar-refractivity contribution >= 4 is 34.1 Å². The molecule has 0 bridgehead atoms. The lowest BCUT2D eigenvalue weighted by molar-refractivity contribution is -0.150. The van der Waals surface area contributed by atoms with Gasteiger partial charge in [-0.05, 0) is 72.1 Å². The Balaban J connectivity index is 1.26. The summed E-state index contributed by atoms with van der Waals surface area (Å²) in [5.41, 5.74) is 4.22. The molecule has 2 aromatic heterocycles. The van der Waals surface area contributed by atoms with Gasteiger partial charge in [-0.3, -0.25) is 0 Å². The number of ether oxygens (including phenoxy) is 2. The number of halogens is 2. The van der Waals surface area contributed by atoms with Crippen molar-refractivity contribution in [1.29, 1.82) is 0 Å². The van der Waals surface area contributed by atoms with Gasteiger partial charge in [-0.2, -0.15) is 15.0 Å². The van der Waals surface area contributed by atoms with E-state index in [1.807, 2.05) is 47.4 Å². The van der Waals surface area contributed by atoms with Crippen LogP contribution in [0.15, 0.2) is 79.1 Å². The lowest BCUT2D eigenvalue weighted by atomic mass is 9.92. The van der Waals surface area contributed by atoms with Crippen molar-refractivity contribution in [3.63, 3.8) is 0 Å². The molecule has 3 aromatic carbocycles. The number of nitrogens with one attached hydrogen (secondary N) is 1. The largest absolute Gasteiger partial charge is 0.494 e. The molecular weight excluding hydrogens is 537 g/mol. The van der Waals surface area contributed by atoms with Crippen LogP contribution in [0.2, 0.25) is 10.0 Å². The highest BCUT2D eigenvalue weighted by Gasteiger charge is 2.36. The van der Waals surface area contributed by atoms with Gasteiger partial charge in [0.05, 0.1) is 31.6 Å². The molecule has 0 radical (unpaired) electrons. The molecule has 39 heavy (non-hydrogen) atoms. The van der Waals surface area contributed by atoms with Crippen LogP contribution in [-0.2, 0) is 13.0 Å². The molecule has 0 amide bonds. The molecule has 1 aliphatic rings. The number of H-pyrrole nitrogens is 1. The van der Waals surface area contributed by atoms with Crippen molar-refractivity contribution < 1.29 is 14.6 Å². The van der Waals surface area contributed by atoms with E-state index in [1.54, 1.807) is 41.5 Å². The second-order valence-corrected chi connectivity index (χ2v) is 10.3. The third-order valence-corrected chi connectivity index (χ3v) is 7.39. The van der Waals surface area contributed by atoms with E-state index in [0.717, 1.165) is 40.8 Å². The predicted octanol–water partition coefficient (Wildman–Crippen LogP) is 5.84. The van der Waals surface area contributed by atoms with Gasteiger partial charge in [-0.15, -0.1) is 0 Å². The van der Waals surface area contributed by atoms with Gasteiger partial charge >= 0.3 is 0 Å². The number of hydrogen-bond acceptors (Lipinski definition) is 6. The van der Waals surface area contributed by atoms with Crippen LogP contribution in [0.5, 0.6) is 11.5 Å². The summed E-state index contributed by atoms with van der Waals surface area (Å²) in [5, 5.41) is 21.9. The standard InChI is InChI=1S/C29H27Cl2N5O3/c30-20-4-9-23(10-5-20)39-29(37)35-16-12-24-25-18-21(31)6-11-26(25)34-27(24)28(35)19-2-7-22(8-3-19)38-17-1-15-36-32-13-14-33-36/h2-11,13-14,18,28-29,34,37H,1,12,15-17H2. The van der Waals surface area contributed by atoms with E-state index in [-0.39, 0.29) is 6.04 Å². The van der Waals surface area contributed by atoms with Gasteiger partial charge in [0.1, 0.15) is 11.5 Å². The zero-order valence-corrected chi connectivity index (χ0v) is 22.5. The summed E-state index contributed by atoms with van der Waals surface area (Å²) in [7, 11) is 0. The number of aliphatic hydroxyl groups excluding tert-OH is 1. The average Bonchev–Trinajstić information content (AvgIpc) is 3.60. The van der Waals surface area contributed by atoms with E-state index in [0.29, 0.717) is 35.5 Å². The van der Waals surface area contributed by atoms with Crippen molar-refractivity contribution in [3.05, 3.63) is 106 Å². The number of benzene rings is 3. The Bertz CT molecular complexity index is 1540. The summed E-state index contributed by atoms with van der Waals surface area (Å²) in [5.74, 6) is 1.31. The maximum atomic E-state index is 11.2. The molecule has 0 aliphatic carbocycles. The SMILES string of the molecule is OC(Oc1ccc(Cl)cc1)N1CCc2c([nH]c3ccc(Cl)cc23)C1c1ccc(OCCCn2nccn2)cc1. The summed E-state index contributed by atoms with van der Waals surface area (Å²) in [6.07, 6.45) is 3.69. The minimum atomic E-state index is -1.17. The van der Waals surface area contributed by atoms with Gasteiger partial charge in [0, 0.05) is 39.6 Å². The highest BCUT2D eigenvalue weighted by Crippen LogP contribution is 2.40. The first kappa shape index (κ1) is 25.7. The molecule has 0 fully saturated rings. The minimum absolute atomic E-state index is 0.276. The van der Waals surface area contributed by atoms with E-state index < -0.39 is 6.41 Å². The number of hydrogen-bond donors (Lipinski definition) is 2. The first-order valence-corrected chi connectivity index (χ1v) is 13.5. The fourth-order valence-corrected chi connectivity index (χ4v) is 5.38. The van der Waals surface area contributed by atoms with E-state index in [4.69, 9.17) is 32.7 Å². The summed E-state index contributed by atoms with van der Waals surface area (Å²) in [6, 6.07) is 20.5. The number of aromatic nitrogens is 4. The zero-order valence-electron chi connectivity index (χ0n) is 21.0. The summed E-state index contributed by atoms with van der Waals surface area (Å²) in [6.45, 7) is 1.84. The predicted molar refractivity (Wildman–Crippen MR) is 150 cm³/mol. The molecule has 2 unspecified atom stereocenters. The van der Waals surface area contributed by atoms with E-state index >= 15 is 0 Å². The van der Waals surface area contributed by atoms with Crippen molar-refractivity contribution in [2.24, 2.45) is 0 Å². The van der Waals surface area contributed by atoms with Crippen LogP contribution in [0.3, 0.4) is 0 Å². The van der Waals surface area contributed by atoms with Crippen molar-refractivity contribution in [3.8, 4) is 11.5 Å². The molecule has 2 N–H and O–H groups in total. The highest BCUT2D eigenvalue weighted by atomic mass is 35.5. The van der Waals surface area contributed by atoms with Gasteiger partial charge < -0.3 is 19.6 Å². The molecule has 3 heterocycles. The molecule has 1 aliphatic heterocycles. The first-order chi connectivity index (χ1) is 19.0. The summed E-state index contributed by atoms with van der Waals surface area (Å²) in [4.78, 5) is 7.18. The fraction of sp³-hybridized carbons (Fsp3) is 0.241. The second-order valence-electron chi connectivity index (χ2n) is 9.39. The Hall–Kier alpha value is -3.56. The number of aryl methyl sites for hydroxylation is 1. The lowest BCUT2D eigenvalue weighted by Gasteiger charge is -2.38. The van der Waals surface area contributed by atoms with Crippen LogP contribution in [0.4, 0.5) is 0 Å². The maximum absolute atomic E-state index is 11.2. The number of rotatable bonds is 9. The number of nitrogens with zero attached hydrogens (tertiary/aromatic N) is 4. The third kappa shape index (κ3) is 5.60. The Morgan fingerprint density at radius 1 is 0.949 bits per heavy atom. The van der Waals surface area contributed by atoms with Crippen molar-refractivity contribution in [2.75, 3.05) is 13.2 Å². The molecule has 200 valence electrons. The lowest BCUT2D eigenvalue weighted by Crippen LogP contribution is -2.46. The average molecular weight is 564 g/mol. The topological polar surface area (TPSA) is 88.4 Å². The molecule has 0 spiro atoms. The van der Waals surface area contributed by atoms with Crippen LogP contribution < -0.4 is 9.47 Å². The van der Waals surface area contributed by atoms with Crippen LogP contribution in [0.1, 0.15) is 29.3 Å². The van der Waals surface area contributed by atoms with Gasteiger partial charge in [-0.25, -0.2) is 4.90 Å². The molecule has 0 saturated carbocycles. The molecule has 0 saturated heterocycles. The molecule has 10 heteroatoms. The Kier molecular flexibility index (Phi) is 7.43. The van der Waals surface area contributed by atoms with Crippen molar-refractivity contribution in [1.82, 2.24) is 24.9 Å². The van der Waals surface area contributed by atoms with Gasteiger partial charge in [-0.1, -0.05) is 35.3 Å². The van der Waals surface area contributed by atoms with Crippen LogP contribution in [0, 0.1) is 0 Å². The van der Waals surface area contributed by atoms with Gasteiger partial charge in [0.25, 0.3) is 6.41 Å². The van der Waals surface area contributed by atoms with Crippen LogP contribution in [0.25, 0.3) is 10.9 Å². The second kappa shape index (κ2) is 11.3. The van der Waals surface area contributed by atoms with E-state index in [9.17, 15) is 5.11 Å². The van der Waals surface area contributed by atoms with Crippen molar-refractivity contribution in [2.45, 2.75) is 31.8 Å². The molecule has 5 aromatic rings. The number of aliphatic hydroxyl groups is 1. The molecule has 6 rings (SSSR count). The first-order valence-electron chi connectivity index (χ1n) is 12.8. The van der Waals surface area contributed by atoms with E-state index in [2.05, 4.69) is 15.2 Å². The maximum Gasteiger partial charge on any atom is 0.260 e. The summed E-state index contributed by atoms with van der Waals surface area (Å²) >= 11 is 12.4. The molecule has 8 nitrogen and oxygen atoms in total. The van der Waals surface area contributed by atoms with Gasteiger partial charge in [0.15, 0.2) is 0 Å². The highest BCUT2D eigenvalue weighted by molar-refractivity contribution is 6.31. The Morgan fingerprint density at radius 2 is 1.67 bits per heavy atom. The number of fused-ring (bicyclic) bond motifs is 3. The smallest absolute Gasteiger partial charge is 0.260 e. The Labute approximate surface area is 235 Å². The quantitative estimate of drug-likeness (QED) is 0.173. The third-order valence-electron chi connectivity index (χ3n) is 6.90. The van der Waals surface area contributed by atoms with E-state index in [1.165, 1.54) is 5.56 Å². The normalized spacial score (nSPS) is 16.2. The molecular formula is C29H27Cl2N5O3. The fourth-order valence-electron chi connectivity index (χ4n) is 5.08. The number of aromatic amines is 1. The van der Waals surface area contributed by atoms with Gasteiger partial charge in [0.2, 0.25) is 0 Å². The van der Waals surface area contributed by atoms with Crippen LogP contribution >= 0.6 is 23.2 Å². The van der Waals surface area contributed by atoms with Crippen LogP contribution in [-0.4, -0.2) is 49.5 Å². The molecule has 2 atom stereocenters. The summed E-state index contributed by atoms with van der Waals surface area (Å²) < 4.78 is 11.9.